The van der Waals surface area contributed by atoms with Crippen molar-refractivity contribution >= 4 is 75.8 Å². The van der Waals surface area contributed by atoms with Crippen LogP contribution in [0.15, 0.2) is 42.5 Å². The zero-order valence-corrected chi connectivity index (χ0v) is 27.9. The normalized spacial score (nSPS) is 10.8. The van der Waals surface area contributed by atoms with E-state index < -0.39 is 23.6 Å². The summed E-state index contributed by atoms with van der Waals surface area (Å²) in [5.41, 5.74) is 6.99. The quantitative estimate of drug-likeness (QED) is 0.0605. The lowest BCUT2D eigenvalue weighted by Gasteiger charge is -2.22. The van der Waals surface area contributed by atoms with Crippen LogP contribution < -0.4 is 31.9 Å². The van der Waals surface area contributed by atoms with E-state index in [1.165, 1.54) is 39.3 Å². The van der Waals surface area contributed by atoms with Crippen molar-refractivity contribution in [3.63, 3.8) is 0 Å². The molecule has 19 heteroatoms. The molecule has 3 aromatic heterocycles. The molecule has 1 aromatic carbocycles. The van der Waals surface area contributed by atoms with E-state index in [2.05, 4.69) is 36.6 Å². The van der Waals surface area contributed by atoms with E-state index in [1.807, 2.05) is 4.90 Å². The molecule has 48 heavy (non-hydrogen) atoms. The molecule has 3 heterocycles. The Labute approximate surface area is 285 Å². The number of carbonyl (C=O) groups is 4. The number of nitrogens with zero attached hydrogens (tertiary/aromatic N) is 7. The van der Waals surface area contributed by atoms with Crippen LogP contribution in [0.1, 0.15) is 48.2 Å². The van der Waals surface area contributed by atoms with Crippen LogP contribution in [0.25, 0.3) is 0 Å². The molecule has 17 nitrogen and oxygen atoms in total. The Morgan fingerprint density at radius 3 is 1.56 bits per heavy atom. The molecule has 0 aliphatic heterocycles. The number of nitrogens with one attached hydrogen (secondary N) is 5. The molecule has 7 N–H and O–H groups in total. The highest BCUT2D eigenvalue weighted by Gasteiger charge is 2.21. The maximum Gasteiger partial charge on any atom is 0.275 e. The third kappa shape index (κ3) is 8.89. The van der Waals surface area contributed by atoms with Crippen LogP contribution >= 0.6 is 23.2 Å². The number of amidine groups is 1. The number of rotatable bonds is 15. The number of aromatic nitrogens is 6. The van der Waals surface area contributed by atoms with Crippen LogP contribution in [0.3, 0.4) is 0 Å². The minimum Gasteiger partial charge on any atom is -0.388 e. The molecule has 0 radical (unpaired) electrons. The van der Waals surface area contributed by atoms with Gasteiger partial charge >= 0.3 is 0 Å². The molecule has 0 unspecified atom stereocenters. The van der Waals surface area contributed by atoms with Crippen LogP contribution in [0.4, 0.5) is 23.1 Å². The van der Waals surface area contributed by atoms with Gasteiger partial charge in [-0.25, -0.2) is 0 Å². The van der Waals surface area contributed by atoms with Crippen LogP contribution in [0.2, 0.25) is 0 Å². The summed E-state index contributed by atoms with van der Waals surface area (Å²) in [4.78, 5) is 53.4. The fourth-order valence-corrected chi connectivity index (χ4v) is 4.98. The Kier molecular flexibility index (Phi) is 11.8. The maximum absolute atomic E-state index is 13.1. The predicted octanol–water partition coefficient (Wildman–Crippen LogP) is 1.98. The molecule has 4 aromatic rings. The number of anilines is 4. The minimum absolute atomic E-state index is 0.0539. The van der Waals surface area contributed by atoms with Gasteiger partial charge in [0.1, 0.15) is 17.1 Å². The number of hydrogen-bond donors (Lipinski definition) is 6. The molecule has 0 aliphatic carbocycles. The Balaban J connectivity index is 1.37. The van der Waals surface area contributed by atoms with E-state index in [-0.39, 0.29) is 53.3 Å². The number of halogens is 2. The number of alkyl halides is 2. The Morgan fingerprint density at radius 1 is 0.729 bits per heavy atom. The van der Waals surface area contributed by atoms with Crippen LogP contribution in [0, 0.1) is 5.41 Å². The summed E-state index contributed by atoms with van der Waals surface area (Å²) < 4.78 is 3.87. The van der Waals surface area contributed by atoms with Gasteiger partial charge < -0.3 is 31.9 Å². The van der Waals surface area contributed by atoms with E-state index in [1.54, 1.807) is 38.4 Å². The molecule has 0 saturated carbocycles. The van der Waals surface area contributed by atoms with Gasteiger partial charge in [0.15, 0.2) is 17.5 Å². The smallest absolute Gasteiger partial charge is 0.275 e. The number of benzene rings is 1. The highest BCUT2D eigenvalue weighted by molar-refractivity contribution is 6.18. The lowest BCUT2D eigenvalue weighted by molar-refractivity contribution is 0.0943. The first kappa shape index (κ1) is 35.4. The molecule has 0 bridgehead atoms. The number of hydrogen-bond acceptors (Lipinski definition) is 9. The van der Waals surface area contributed by atoms with E-state index in [9.17, 15) is 19.2 Å². The number of aryl methyl sites for hydroxylation is 3. The fraction of sp³-hybridized carbons (Fsp3) is 0.310. The average Bonchev–Trinajstić information content (AvgIpc) is 3.71. The molecule has 0 saturated heterocycles. The largest absolute Gasteiger partial charge is 0.388 e. The van der Waals surface area contributed by atoms with Gasteiger partial charge in [-0.1, -0.05) is 0 Å². The summed E-state index contributed by atoms with van der Waals surface area (Å²) in [6.45, 7) is 1.41. The number of nitrogens with two attached hydrogens (primary N) is 1. The minimum atomic E-state index is -0.587. The monoisotopic (exact) mass is 699 g/mol. The Bertz CT molecular complexity index is 1810. The first-order valence-corrected chi connectivity index (χ1v) is 15.6. The van der Waals surface area contributed by atoms with Crippen molar-refractivity contribution in [2.24, 2.45) is 26.9 Å². The summed E-state index contributed by atoms with van der Waals surface area (Å²) in [5, 5.41) is 30.4. The first-order chi connectivity index (χ1) is 22.9. The van der Waals surface area contributed by atoms with Crippen molar-refractivity contribution < 1.29 is 19.2 Å². The molecule has 0 atom stereocenters. The molecule has 0 fully saturated rings. The molecule has 254 valence electrons. The molecular formula is C29H35Cl2N13O4. The van der Waals surface area contributed by atoms with Gasteiger partial charge in [0, 0.05) is 88.4 Å². The van der Waals surface area contributed by atoms with Gasteiger partial charge in [-0.3, -0.25) is 38.6 Å². The van der Waals surface area contributed by atoms with Crippen molar-refractivity contribution in [2.75, 3.05) is 52.2 Å². The summed E-state index contributed by atoms with van der Waals surface area (Å²) in [5.74, 6) is -0.846. The van der Waals surface area contributed by atoms with Crippen LogP contribution in [0.5, 0.6) is 0 Å². The molecule has 0 aliphatic rings. The lowest BCUT2D eigenvalue weighted by atomic mass is 10.2. The Morgan fingerprint density at radius 2 is 1.15 bits per heavy atom. The van der Waals surface area contributed by atoms with E-state index in [4.69, 9.17) is 34.3 Å². The topological polar surface area (TPSA) is 223 Å². The maximum atomic E-state index is 13.1. The highest BCUT2D eigenvalue weighted by atomic mass is 35.5. The number of carbonyl (C=O) groups excluding carboxylic acids is 4. The molecular weight excluding hydrogens is 665 g/mol. The van der Waals surface area contributed by atoms with E-state index >= 15 is 0 Å². The van der Waals surface area contributed by atoms with Gasteiger partial charge in [0.2, 0.25) is 0 Å². The standard InChI is InChI=1S/C29H35Cl2N13O4/c1-41-19(27(46)34-11-8-22(32)33)14-24(39-41)36-29(48)21-16-25(40-43(21)3)37-28(47)20-15-23(38-42(20)2)35-26(45)17-4-6-18(7-5-17)44(12-9-30)13-10-31/h4-7,14-16H,8-13H2,1-3H3,(H3,32,33)(H,34,46)(H,35,38,45)(H,36,39,48)(H,37,40,47). The molecule has 4 rings (SSSR count). The van der Waals surface area contributed by atoms with Gasteiger partial charge in [-0.2, -0.15) is 15.3 Å². The van der Waals surface area contributed by atoms with Crippen molar-refractivity contribution in [3.05, 3.63) is 65.1 Å². The van der Waals surface area contributed by atoms with Crippen molar-refractivity contribution in [3.8, 4) is 0 Å². The van der Waals surface area contributed by atoms with Crippen molar-refractivity contribution in [2.45, 2.75) is 6.42 Å². The summed E-state index contributed by atoms with van der Waals surface area (Å²) in [6.07, 6.45) is 0.200. The summed E-state index contributed by atoms with van der Waals surface area (Å²) in [6, 6.07) is 11.1. The molecule has 0 spiro atoms. The van der Waals surface area contributed by atoms with E-state index in [0.29, 0.717) is 30.4 Å². The Hall–Kier alpha value is -5.42. The number of amides is 4. The van der Waals surface area contributed by atoms with E-state index in [0.717, 1.165) is 5.69 Å². The highest BCUT2D eigenvalue weighted by Crippen LogP contribution is 2.18. The zero-order chi connectivity index (χ0) is 35.0. The average molecular weight is 701 g/mol. The van der Waals surface area contributed by atoms with Gasteiger partial charge in [-0.05, 0) is 24.3 Å². The predicted molar refractivity (Wildman–Crippen MR) is 182 cm³/mol. The first-order valence-electron chi connectivity index (χ1n) is 14.5. The van der Waals surface area contributed by atoms with Crippen molar-refractivity contribution in [1.29, 1.82) is 5.41 Å². The summed E-state index contributed by atoms with van der Waals surface area (Å²) >= 11 is 11.8. The van der Waals surface area contributed by atoms with Crippen molar-refractivity contribution in [1.82, 2.24) is 34.7 Å². The third-order valence-electron chi connectivity index (χ3n) is 6.95. The fourth-order valence-electron chi connectivity index (χ4n) is 4.57. The second-order valence-corrected chi connectivity index (χ2v) is 11.2. The van der Waals surface area contributed by atoms with Gasteiger partial charge in [0.05, 0.1) is 5.84 Å². The second-order valence-electron chi connectivity index (χ2n) is 10.4. The SMILES string of the molecule is Cn1nc(NC(=O)c2cc(NC(=O)c3cc(NC(=O)c4ccc(N(CCCl)CCCl)cc4)nn3C)nn2C)cc1C(=O)NCCC(=N)N. The summed E-state index contributed by atoms with van der Waals surface area (Å²) in [7, 11) is 4.61. The zero-order valence-electron chi connectivity index (χ0n) is 26.4. The van der Waals surface area contributed by atoms with Crippen LogP contribution in [-0.2, 0) is 21.1 Å². The van der Waals surface area contributed by atoms with Gasteiger partial charge in [-0.15, -0.1) is 23.2 Å². The second kappa shape index (κ2) is 15.9. The lowest BCUT2D eigenvalue weighted by Crippen LogP contribution is -2.29. The van der Waals surface area contributed by atoms with Crippen LogP contribution in [-0.4, -0.2) is 90.2 Å². The third-order valence-corrected chi connectivity index (χ3v) is 7.28. The molecule has 4 amide bonds. The van der Waals surface area contributed by atoms with Gasteiger partial charge in [0.25, 0.3) is 23.6 Å².